The molecule has 0 aromatic heterocycles. The molecule has 1 aliphatic rings. The Bertz CT molecular complexity index is 445. The van der Waals surface area contributed by atoms with Gasteiger partial charge in [0.25, 0.3) is 0 Å². The molecule has 4 heteroatoms. The van der Waals surface area contributed by atoms with Crippen LogP contribution in [0.4, 0.5) is 5.69 Å². The molecule has 1 N–H and O–H groups in total. The van der Waals surface area contributed by atoms with Crippen LogP contribution in [0.1, 0.15) is 20.3 Å². The van der Waals surface area contributed by atoms with Gasteiger partial charge in [-0.1, -0.05) is 18.2 Å². The van der Waals surface area contributed by atoms with Crippen molar-refractivity contribution in [1.82, 2.24) is 4.90 Å². The van der Waals surface area contributed by atoms with E-state index in [1.54, 1.807) is 0 Å². The summed E-state index contributed by atoms with van der Waals surface area (Å²) in [5, 5.41) is 9.10. The summed E-state index contributed by atoms with van der Waals surface area (Å²) in [6.07, 6.45) is 0.176. The topological polar surface area (TPSA) is 43.8 Å². The standard InChI is InChI=1S/C15H22N2O2/c1-15(2)11-17(12-7-5-4-6-8-12)13(9-14(18)19)10-16(15)3/h4-8,13H,9-11H2,1-3H3,(H,18,19). The molecule has 0 radical (unpaired) electrons. The minimum Gasteiger partial charge on any atom is -0.481 e. The largest absolute Gasteiger partial charge is 0.481 e. The molecule has 1 aromatic carbocycles. The summed E-state index contributed by atoms with van der Waals surface area (Å²) in [6, 6.07) is 10.1. The molecule has 0 spiro atoms. The number of para-hydroxylation sites is 1. The predicted molar refractivity (Wildman–Crippen MR) is 76.5 cm³/mol. The number of hydrogen-bond acceptors (Lipinski definition) is 3. The van der Waals surface area contributed by atoms with Crippen LogP contribution in [-0.2, 0) is 4.79 Å². The smallest absolute Gasteiger partial charge is 0.305 e. The first-order chi connectivity index (χ1) is 8.90. The maximum absolute atomic E-state index is 11.1. The average Bonchev–Trinajstić information content (AvgIpc) is 2.34. The van der Waals surface area contributed by atoms with Crippen molar-refractivity contribution < 1.29 is 9.90 Å². The molecular formula is C15H22N2O2. The van der Waals surface area contributed by atoms with Crippen molar-refractivity contribution in [3.8, 4) is 0 Å². The highest BCUT2D eigenvalue weighted by Gasteiger charge is 2.37. The van der Waals surface area contributed by atoms with Crippen LogP contribution >= 0.6 is 0 Å². The maximum Gasteiger partial charge on any atom is 0.305 e. The van der Waals surface area contributed by atoms with Crippen molar-refractivity contribution in [3.63, 3.8) is 0 Å². The lowest BCUT2D eigenvalue weighted by Gasteiger charge is -2.50. The van der Waals surface area contributed by atoms with Crippen LogP contribution < -0.4 is 4.90 Å². The fourth-order valence-electron chi connectivity index (χ4n) is 2.63. The maximum atomic E-state index is 11.1. The Kier molecular flexibility index (Phi) is 3.80. The van der Waals surface area contributed by atoms with Gasteiger partial charge >= 0.3 is 5.97 Å². The first-order valence-electron chi connectivity index (χ1n) is 6.65. The molecule has 1 aliphatic heterocycles. The molecular weight excluding hydrogens is 240 g/mol. The van der Waals surface area contributed by atoms with Gasteiger partial charge in [0.2, 0.25) is 0 Å². The minimum atomic E-state index is -0.737. The zero-order valence-corrected chi connectivity index (χ0v) is 11.8. The zero-order valence-electron chi connectivity index (χ0n) is 11.8. The summed E-state index contributed by atoms with van der Waals surface area (Å²) in [5.41, 5.74) is 1.15. The number of carbonyl (C=O) groups is 1. The molecule has 0 amide bonds. The Balaban J connectivity index is 2.27. The van der Waals surface area contributed by atoms with Gasteiger partial charge in [0.15, 0.2) is 0 Å². The van der Waals surface area contributed by atoms with E-state index >= 15 is 0 Å². The molecule has 4 nitrogen and oxygen atoms in total. The lowest BCUT2D eigenvalue weighted by molar-refractivity contribution is -0.137. The fourth-order valence-corrected chi connectivity index (χ4v) is 2.63. The molecule has 0 aliphatic carbocycles. The van der Waals surface area contributed by atoms with Crippen LogP contribution in [-0.4, -0.2) is 47.7 Å². The van der Waals surface area contributed by atoms with Crippen molar-refractivity contribution in [2.45, 2.75) is 31.8 Å². The van der Waals surface area contributed by atoms with Crippen LogP contribution in [0.15, 0.2) is 30.3 Å². The van der Waals surface area contributed by atoms with E-state index < -0.39 is 5.97 Å². The van der Waals surface area contributed by atoms with Gasteiger partial charge < -0.3 is 10.0 Å². The number of carboxylic acid groups (broad SMARTS) is 1. The number of carboxylic acids is 1. The molecule has 1 aromatic rings. The number of aliphatic carboxylic acids is 1. The molecule has 104 valence electrons. The van der Waals surface area contributed by atoms with Crippen molar-refractivity contribution in [2.24, 2.45) is 0 Å². The van der Waals surface area contributed by atoms with Gasteiger partial charge in [0, 0.05) is 24.3 Å². The molecule has 1 heterocycles. The molecule has 1 unspecified atom stereocenters. The molecule has 2 rings (SSSR count). The number of likely N-dealkylation sites (N-methyl/N-ethyl adjacent to an activating group) is 1. The second-order valence-corrected chi connectivity index (χ2v) is 5.91. The molecule has 0 bridgehead atoms. The number of anilines is 1. The van der Waals surface area contributed by atoms with Crippen LogP contribution in [0.3, 0.4) is 0 Å². The number of nitrogens with zero attached hydrogens (tertiary/aromatic N) is 2. The van der Waals surface area contributed by atoms with Crippen LogP contribution in [0.25, 0.3) is 0 Å². The van der Waals surface area contributed by atoms with Crippen molar-refractivity contribution in [2.75, 3.05) is 25.0 Å². The van der Waals surface area contributed by atoms with Gasteiger partial charge in [-0.2, -0.15) is 0 Å². The third-order valence-electron chi connectivity index (χ3n) is 4.01. The Hall–Kier alpha value is -1.55. The van der Waals surface area contributed by atoms with E-state index in [4.69, 9.17) is 5.11 Å². The molecule has 0 saturated carbocycles. The molecule has 1 fully saturated rings. The summed E-state index contributed by atoms with van der Waals surface area (Å²) >= 11 is 0. The molecule has 1 saturated heterocycles. The highest BCUT2D eigenvalue weighted by atomic mass is 16.4. The Morgan fingerprint density at radius 1 is 1.37 bits per heavy atom. The minimum absolute atomic E-state index is 0.0259. The fraction of sp³-hybridized carbons (Fsp3) is 0.533. The second-order valence-electron chi connectivity index (χ2n) is 5.91. The van der Waals surface area contributed by atoms with E-state index in [-0.39, 0.29) is 18.0 Å². The monoisotopic (exact) mass is 262 g/mol. The predicted octanol–water partition coefficient (Wildman–Crippen LogP) is 2.06. The second kappa shape index (κ2) is 5.21. The summed E-state index contributed by atoms with van der Waals surface area (Å²) in [4.78, 5) is 15.5. The lowest BCUT2D eigenvalue weighted by Crippen LogP contribution is -2.62. The van der Waals surface area contributed by atoms with Crippen molar-refractivity contribution in [3.05, 3.63) is 30.3 Å². The number of piperazine rings is 1. The third-order valence-corrected chi connectivity index (χ3v) is 4.01. The third kappa shape index (κ3) is 3.07. The van der Waals surface area contributed by atoms with Gasteiger partial charge in [-0.05, 0) is 33.0 Å². The summed E-state index contributed by atoms with van der Waals surface area (Å²) in [5.74, 6) is -0.737. The van der Waals surface area contributed by atoms with Crippen molar-refractivity contribution >= 4 is 11.7 Å². The van der Waals surface area contributed by atoms with E-state index in [2.05, 4.69) is 42.8 Å². The van der Waals surface area contributed by atoms with Crippen LogP contribution in [0, 0.1) is 0 Å². The first kappa shape index (κ1) is 13.9. The van der Waals surface area contributed by atoms with Crippen LogP contribution in [0.5, 0.6) is 0 Å². The first-order valence-corrected chi connectivity index (χ1v) is 6.65. The van der Waals surface area contributed by atoms with Crippen molar-refractivity contribution in [1.29, 1.82) is 0 Å². The molecule has 19 heavy (non-hydrogen) atoms. The van der Waals surface area contributed by atoms with E-state index in [9.17, 15) is 4.79 Å². The number of rotatable bonds is 3. The van der Waals surface area contributed by atoms with Gasteiger partial charge in [-0.3, -0.25) is 9.69 Å². The number of hydrogen-bond donors (Lipinski definition) is 1. The normalized spacial score (nSPS) is 23.3. The van der Waals surface area contributed by atoms with Gasteiger partial charge in [-0.15, -0.1) is 0 Å². The number of benzene rings is 1. The quantitative estimate of drug-likeness (QED) is 0.905. The Labute approximate surface area is 114 Å². The molecule has 1 atom stereocenters. The van der Waals surface area contributed by atoms with Gasteiger partial charge in [-0.25, -0.2) is 0 Å². The Morgan fingerprint density at radius 2 is 2.00 bits per heavy atom. The SMILES string of the molecule is CN1CC(CC(=O)O)N(c2ccccc2)CC1(C)C. The van der Waals surface area contributed by atoms with Crippen LogP contribution in [0.2, 0.25) is 0 Å². The summed E-state index contributed by atoms with van der Waals surface area (Å²) in [6.45, 7) is 6.00. The average molecular weight is 262 g/mol. The Morgan fingerprint density at radius 3 is 2.58 bits per heavy atom. The summed E-state index contributed by atoms with van der Waals surface area (Å²) in [7, 11) is 2.07. The van der Waals surface area contributed by atoms with Gasteiger partial charge in [0.05, 0.1) is 12.5 Å². The zero-order chi connectivity index (χ0) is 14.0. The van der Waals surface area contributed by atoms with E-state index in [1.807, 2.05) is 18.2 Å². The summed E-state index contributed by atoms with van der Waals surface area (Å²) < 4.78 is 0. The van der Waals surface area contributed by atoms with E-state index in [0.29, 0.717) is 0 Å². The van der Waals surface area contributed by atoms with E-state index in [0.717, 1.165) is 18.8 Å². The highest BCUT2D eigenvalue weighted by Crippen LogP contribution is 2.29. The van der Waals surface area contributed by atoms with Gasteiger partial charge in [0.1, 0.15) is 0 Å². The van der Waals surface area contributed by atoms with E-state index in [1.165, 1.54) is 0 Å². The lowest BCUT2D eigenvalue weighted by atomic mass is 9.94. The highest BCUT2D eigenvalue weighted by molar-refractivity contribution is 5.69.